The fourth-order valence-corrected chi connectivity index (χ4v) is 2.21. The summed E-state index contributed by atoms with van der Waals surface area (Å²) in [6, 6.07) is 0. The number of hydrogen-bond donors (Lipinski definition) is 2. The van der Waals surface area contributed by atoms with Crippen LogP contribution in [0.4, 0.5) is 0 Å². The molecule has 2 amide bonds. The average Bonchev–Trinajstić information content (AvgIpc) is 2.82. The molecule has 1 saturated heterocycles. The van der Waals surface area contributed by atoms with Crippen LogP contribution >= 0.6 is 0 Å². The molecule has 0 aromatic rings. The van der Waals surface area contributed by atoms with Crippen LogP contribution in [-0.4, -0.2) is 41.0 Å². The zero-order valence-electron chi connectivity index (χ0n) is 10.4. The standard InChI is InChI=1S/C12H22N2O3/c1-2-3-6-9(10(15)11(13)16)12(17)14-7-4-5-8-14/h9-10,15H,2-8H2,1H3,(H2,13,16). The molecule has 3 N–H and O–H groups in total. The van der Waals surface area contributed by atoms with Gasteiger partial charge in [0.25, 0.3) is 0 Å². The highest BCUT2D eigenvalue weighted by atomic mass is 16.3. The molecule has 0 aliphatic carbocycles. The van der Waals surface area contributed by atoms with Crippen molar-refractivity contribution in [2.24, 2.45) is 11.7 Å². The van der Waals surface area contributed by atoms with Crippen LogP contribution in [0.25, 0.3) is 0 Å². The predicted molar refractivity (Wildman–Crippen MR) is 64.0 cm³/mol. The number of primary amides is 1. The molecule has 5 heteroatoms. The quantitative estimate of drug-likeness (QED) is 0.701. The normalized spacial score (nSPS) is 19.1. The van der Waals surface area contributed by atoms with Crippen molar-refractivity contribution in [3.05, 3.63) is 0 Å². The van der Waals surface area contributed by atoms with Gasteiger partial charge in [0.15, 0.2) is 0 Å². The minimum Gasteiger partial charge on any atom is -0.382 e. The van der Waals surface area contributed by atoms with Gasteiger partial charge in [0, 0.05) is 13.1 Å². The number of carbonyl (C=O) groups is 2. The first-order chi connectivity index (χ1) is 8.07. The van der Waals surface area contributed by atoms with Crippen LogP contribution in [0.5, 0.6) is 0 Å². The molecule has 5 nitrogen and oxygen atoms in total. The van der Waals surface area contributed by atoms with Crippen molar-refractivity contribution in [1.29, 1.82) is 0 Å². The molecule has 0 radical (unpaired) electrons. The molecule has 1 rings (SSSR count). The van der Waals surface area contributed by atoms with E-state index >= 15 is 0 Å². The van der Waals surface area contributed by atoms with Crippen LogP contribution in [0.1, 0.15) is 39.0 Å². The van der Waals surface area contributed by atoms with Gasteiger partial charge in [0.2, 0.25) is 11.8 Å². The fourth-order valence-electron chi connectivity index (χ4n) is 2.21. The Morgan fingerprint density at radius 2 is 1.94 bits per heavy atom. The van der Waals surface area contributed by atoms with Gasteiger partial charge in [0.1, 0.15) is 6.10 Å². The van der Waals surface area contributed by atoms with Gasteiger partial charge >= 0.3 is 0 Å². The largest absolute Gasteiger partial charge is 0.382 e. The molecule has 0 aromatic carbocycles. The highest BCUT2D eigenvalue weighted by molar-refractivity contribution is 5.88. The van der Waals surface area contributed by atoms with Crippen LogP contribution in [0.15, 0.2) is 0 Å². The maximum absolute atomic E-state index is 12.2. The van der Waals surface area contributed by atoms with Crippen molar-refractivity contribution in [3.8, 4) is 0 Å². The van der Waals surface area contributed by atoms with Crippen LogP contribution in [0.3, 0.4) is 0 Å². The molecule has 0 saturated carbocycles. The molecule has 17 heavy (non-hydrogen) atoms. The summed E-state index contributed by atoms with van der Waals surface area (Å²) >= 11 is 0. The van der Waals surface area contributed by atoms with E-state index in [0.717, 1.165) is 38.8 Å². The minimum absolute atomic E-state index is 0.123. The van der Waals surface area contributed by atoms with Crippen molar-refractivity contribution < 1.29 is 14.7 Å². The summed E-state index contributed by atoms with van der Waals surface area (Å²) in [5.74, 6) is -1.59. The number of likely N-dealkylation sites (tertiary alicyclic amines) is 1. The summed E-state index contributed by atoms with van der Waals surface area (Å²) in [6.45, 7) is 3.47. The molecule has 0 bridgehead atoms. The number of nitrogens with two attached hydrogens (primary N) is 1. The summed E-state index contributed by atoms with van der Waals surface area (Å²) in [7, 11) is 0. The third-order valence-electron chi connectivity index (χ3n) is 3.28. The van der Waals surface area contributed by atoms with E-state index in [1.165, 1.54) is 0 Å². The first-order valence-corrected chi connectivity index (χ1v) is 6.34. The van der Waals surface area contributed by atoms with E-state index in [9.17, 15) is 14.7 Å². The van der Waals surface area contributed by atoms with Gasteiger partial charge in [-0.3, -0.25) is 9.59 Å². The second-order valence-corrected chi connectivity index (χ2v) is 4.63. The van der Waals surface area contributed by atoms with Crippen molar-refractivity contribution in [2.45, 2.75) is 45.1 Å². The SMILES string of the molecule is CCCCC(C(=O)N1CCCC1)C(O)C(N)=O. The van der Waals surface area contributed by atoms with E-state index < -0.39 is 17.9 Å². The van der Waals surface area contributed by atoms with Gasteiger partial charge in [-0.05, 0) is 19.3 Å². The first-order valence-electron chi connectivity index (χ1n) is 6.34. The number of amides is 2. The van der Waals surface area contributed by atoms with E-state index in [2.05, 4.69) is 0 Å². The zero-order valence-corrected chi connectivity index (χ0v) is 10.4. The molecule has 1 aliphatic rings. The van der Waals surface area contributed by atoms with Gasteiger partial charge in [-0.1, -0.05) is 19.8 Å². The average molecular weight is 242 g/mol. The number of nitrogens with zero attached hydrogens (tertiary/aromatic N) is 1. The second-order valence-electron chi connectivity index (χ2n) is 4.63. The number of carbonyl (C=O) groups excluding carboxylic acids is 2. The molecule has 1 heterocycles. The monoisotopic (exact) mass is 242 g/mol. The number of hydrogen-bond acceptors (Lipinski definition) is 3. The van der Waals surface area contributed by atoms with Gasteiger partial charge in [-0.25, -0.2) is 0 Å². The lowest BCUT2D eigenvalue weighted by Crippen LogP contribution is -2.45. The summed E-state index contributed by atoms with van der Waals surface area (Å²) in [4.78, 5) is 24.9. The van der Waals surface area contributed by atoms with Crippen molar-refractivity contribution in [1.82, 2.24) is 4.90 Å². The Labute approximate surface area is 102 Å². The number of rotatable bonds is 6. The Morgan fingerprint density at radius 3 is 2.41 bits per heavy atom. The zero-order chi connectivity index (χ0) is 12.8. The van der Waals surface area contributed by atoms with Gasteiger partial charge < -0.3 is 15.7 Å². The number of unbranched alkanes of at least 4 members (excludes halogenated alkanes) is 1. The van der Waals surface area contributed by atoms with Crippen molar-refractivity contribution >= 4 is 11.8 Å². The molecule has 0 spiro atoms. The lowest BCUT2D eigenvalue weighted by atomic mass is 9.94. The van der Waals surface area contributed by atoms with Gasteiger partial charge in [-0.15, -0.1) is 0 Å². The van der Waals surface area contributed by atoms with E-state index in [0.29, 0.717) is 6.42 Å². The van der Waals surface area contributed by atoms with Gasteiger partial charge in [-0.2, -0.15) is 0 Å². The topological polar surface area (TPSA) is 83.6 Å². The maximum atomic E-state index is 12.2. The lowest BCUT2D eigenvalue weighted by Gasteiger charge is -2.25. The molecule has 98 valence electrons. The highest BCUT2D eigenvalue weighted by Crippen LogP contribution is 2.19. The fraction of sp³-hybridized carbons (Fsp3) is 0.833. The molecule has 2 unspecified atom stereocenters. The van der Waals surface area contributed by atoms with Crippen LogP contribution in [0, 0.1) is 5.92 Å². The lowest BCUT2D eigenvalue weighted by molar-refractivity contribution is -0.144. The second kappa shape index (κ2) is 6.59. The summed E-state index contributed by atoms with van der Waals surface area (Å²) < 4.78 is 0. The smallest absolute Gasteiger partial charge is 0.247 e. The predicted octanol–water partition coefficient (Wildman–Crippen LogP) is 0.261. The third-order valence-corrected chi connectivity index (χ3v) is 3.28. The summed E-state index contributed by atoms with van der Waals surface area (Å²) in [5, 5.41) is 9.72. The molecule has 1 fully saturated rings. The van der Waals surface area contributed by atoms with Crippen LogP contribution in [-0.2, 0) is 9.59 Å². The van der Waals surface area contributed by atoms with Crippen LogP contribution in [0.2, 0.25) is 0 Å². The Bertz CT molecular complexity index is 275. The van der Waals surface area contributed by atoms with E-state index in [4.69, 9.17) is 5.73 Å². The number of aliphatic hydroxyl groups excluding tert-OH is 1. The van der Waals surface area contributed by atoms with E-state index in [-0.39, 0.29) is 5.91 Å². The Kier molecular flexibility index (Phi) is 5.41. The summed E-state index contributed by atoms with van der Waals surface area (Å²) in [5.41, 5.74) is 5.09. The van der Waals surface area contributed by atoms with Gasteiger partial charge in [0.05, 0.1) is 5.92 Å². The first kappa shape index (κ1) is 14.0. The summed E-state index contributed by atoms with van der Waals surface area (Å²) in [6.07, 6.45) is 2.91. The maximum Gasteiger partial charge on any atom is 0.247 e. The molecular formula is C12H22N2O3. The third kappa shape index (κ3) is 3.70. The molecular weight excluding hydrogens is 220 g/mol. The molecule has 0 aromatic heterocycles. The Balaban J connectivity index is 2.66. The molecule has 1 aliphatic heterocycles. The van der Waals surface area contributed by atoms with Crippen LogP contribution < -0.4 is 5.73 Å². The minimum atomic E-state index is -1.35. The van der Waals surface area contributed by atoms with E-state index in [1.54, 1.807) is 4.90 Å². The molecule has 2 atom stereocenters. The van der Waals surface area contributed by atoms with E-state index in [1.807, 2.05) is 6.92 Å². The van der Waals surface area contributed by atoms with Crippen molar-refractivity contribution in [3.63, 3.8) is 0 Å². The number of aliphatic hydroxyl groups is 1. The Morgan fingerprint density at radius 1 is 1.35 bits per heavy atom. The van der Waals surface area contributed by atoms with Crippen molar-refractivity contribution in [2.75, 3.05) is 13.1 Å². The highest BCUT2D eigenvalue weighted by Gasteiger charge is 2.34. The Hall–Kier alpha value is -1.10.